The van der Waals surface area contributed by atoms with Crippen molar-refractivity contribution in [3.05, 3.63) is 96.6 Å². The van der Waals surface area contributed by atoms with Crippen molar-refractivity contribution in [3.63, 3.8) is 0 Å². The van der Waals surface area contributed by atoms with Gasteiger partial charge in [-0.3, -0.25) is 4.72 Å². The van der Waals surface area contributed by atoms with Crippen molar-refractivity contribution < 1.29 is 13.2 Å². The summed E-state index contributed by atoms with van der Waals surface area (Å²) in [7, 11) is -3.58. The van der Waals surface area contributed by atoms with Gasteiger partial charge < -0.3 is 4.74 Å². The van der Waals surface area contributed by atoms with Crippen LogP contribution in [0, 0.1) is 6.07 Å². The predicted molar refractivity (Wildman–Crippen MR) is 122 cm³/mol. The molecule has 3 aromatic carbocycles. The van der Waals surface area contributed by atoms with Crippen LogP contribution in [-0.4, -0.2) is 15.0 Å². The Balaban J connectivity index is 1.41. The maximum atomic E-state index is 12.4. The van der Waals surface area contributed by atoms with Crippen LogP contribution in [0.25, 0.3) is 6.08 Å². The van der Waals surface area contributed by atoms with Crippen LogP contribution in [0.1, 0.15) is 31.2 Å². The first-order valence-corrected chi connectivity index (χ1v) is 11.6. The lowest BCUT2D eigenvalue weighted by atomic mass is 10.1. The number of nitrogens with one attached hydrogen (secondary N) is 1. The molecule has 4 nitrogen and oxygen atoms in total. The number of hydrogen-bond acceptors (Lipinski definition) is 3. The summed E-state index contributed by atoms with van der Waals surface area (Å²) < 4.78 is 33.2. The van der Waals surface area contributed by atoms with Crippen molar-refractivity contribution in [1.82, 2.24) is 0 Å². The highest BCUT2D eigenvalue weighted by Gasteiger charge is 2.13. The van der Waals surface area contributed by atoms with Gasteiger partial charge in [0.15, 0.2) is 0 Å². The lowest BCUT2D eigenvalue weighted by Gasteiger charge is -2.08. The van der Waals surface area contributed by atoms with Gasteiger partial charge in [0, 0.05) is 11.8 Å². The Labute approximate surface area is 179 Å². The number of para-hydroxylation sites is 1. The fourth-order valence-corrected chi connectivity index (χ4v) is 4.00. The molecule has 0 bridgehead atoms. The van der Waals surface area contributed by atoms with Crippen molar-refractivity contribution in [1.29, 1.82) is 0 Å². The van der Waals surface area contributed by atoms with Crippen LogP contribution >= 0.6 is 0 Å². The summed E-state index contributed by atoms with van der Waals surface area (Å²) in [6.45, 7) is 0.702. The van der Waals surface area contributed by atoms with Gasteiger partial charge in [0.25, 0.3) is 10.0 Å². The van der Waals surface area contributed by atoms with Crippen molar-refractivity contribution in [3.8, 4) is 5.75 Å². The molecule has 30 heavy (non-hydrogen) atoms. The van der Waals surface area contributed by atoms with Crippen LogP contribution in [0.3, 0.4) is 0 Å². The number of unbranched alkanes of at least 4 members (excludes halogenated alkanes) is 3. The molecule has 0 spiro atoms. The minimum absolute atomic E-state index is 0.250. The average Bonchev–Trinajstić information content (AvgIpc) is 2.77. The van der Waals surface area contributed by atoms with E-state index < -0.39 is 10.0 Å². The summed E-state index contributed by atoms with van der Waals surface area (Å²) in [5.41, 5.74) is 1.52. The maximum Gasteiger partial charge on any atom is 0.261 e. The minimum Gasteiger partial charge on any atom is -0.493 e. The van der Waals surface area contributed by atoms with Gasteiger partial charge in [-0.15, -0.1) is 0 Å². The van der Waals surface area contributed by atoms with Crippen molar-refractivity contribution in [2.45, 2.75) is 30.6 Å². The Hall–Kier alpha value is -3.05. The smallest absolute Gasteiger partial charge is 0.261 e. The Morgan fingerprint density at radius 3 is 2.53 bits per heavy atom. The van der Waals surface area contributed by atoms with E-state index in [1.807, 2.05) is 48.5 Å². The zero-order chi connectivity index (χ0) is 21.1. The lowest BCUT2D eigenvalue weighted by molar-refractivity contribution is 0.305. The van der Waals surface area contributed by atoms with Gasteiger partial charge in [0.1, 0.15) is 5.75 Å². The van der Waals surface area contributed by atoms with Gasteiger partial charge in [-0.1, -0.05) is 60.7 Å². The van der Waals surface area contributed by atoms with Crippen molar-refractivity contribution in [2.24, 2.45) is 0 Å². The number of benzene rings is 3. The Morgan fingerprint density at radius 1 is 0.900 bits per heavy atom. The molecule has 0 fully saturated rings. The van der Waals surface area contributed by atoms with E-state index in [4.69, 9.17) is 4.74 Å². The molecule has 0 heterocycles. The van der Waals surface area contributed by atoms with Crippen LogP contribution in [0.15, 0.2) is 89.8 Å². The number of hydrogen-bond donors (Lipinski definition) is 1. The van der Waals surface area contributed by atoms with E-state index in [1.54, 1.807) is 36.4 Å². The van der Waals surface area contributed by atoms with Crippen LogP contribution in [-0.2, 0) is 10.0 Å². The minimum atomic E-state index is -3.58. The van der Waals surface area contributed by atoms with E-state index in [0.29, 0.717) is 12.3 Å². The molecule has 0 aliphatic heterocycles. The van der Waals surface area contributed by atoms with E-state index >= 15 is 0 Å². The maximum absolute atomic E-state index is 12.4. The van der Waals surface area contributed by atoms with Crippen LogP contribution in [0.5, 0.6) is 5.75 Å². The number of ether oxygens (including phenoxy) is 1. The molecule has 1 radical (unpaired) electrons. The van der Waals surface area contributed by atoms with Crippen molar-refractivity contribution >= 4 is 21.8 Å². The Kier molecular flexibility index (Phi) is 8.10. The first kappa shape index (κ1) is 21.7. The first-order chi connectivity index (χ1) is 14.6. The van der Waals surface area contributed by atoms with Gasteiger partial charge in [0.2, 0.25) is 0 Å². The fraction of sp³-hybridized carbons (Fsp3) is 0.200. The van der Waals surface area contributed by atoms with Gasteiger partial charge >= 0.3 is 0 Å². The normalized spacial score (nSPS) is 11.5. The summed E-state index contributed by atoms with van der Waals surface area (Å²) in [4.78, 5) is 0.250. The fourth-order valence-electron chi connectivity index (χ4n) is 2.93. The highest BCUT2D eigenvalue weighted by molar-refractivity contribution is 7.92. The molecule has 0 saturated carbocycles. The van der Waals surface area contributed by atoms with E-state index in [0.717, 1.165) is 37.0 Å². The molecule has 0 atom stereocenters. The summed E-state index contributed by atoms with van der Waals surface area (Å²) in [6, 6.07) is 26.4. The molecule has 3 rings (SSSR count). The topological polar surface area (TPSA) is 55.4 Å². The second-order valence-corrected chi connectivity index (χ2v) is 8.55. The van der Waals surface area contributed by atoms with Gasteiger partial charge in [-0.2, -0.15) is 0 Å². The molecule has 0 amide bonds. The summed E-state index contributed by atoms with van der Waals surface area (Å²) in [6.07, 6.45) is 8.30. The highest BCUT2D eigenvalue weighted by Crippen LogP contribution is 2.18. The largest absolute Gasteiger partial charge is 0.493 e. The monoisotopic (exact) mass is 420 g/mol. The third-order valence-electron chi connectivity index (χ3n) is 4.46. The number of sulfonamides is 1. The zero-order valence-corrected chi connectivity index (χ0v) is 17.6. The second-order valence-electron chi connectivity index (χ2n) is 6.87. The molecular weight excluding hydrogens is 394 g/mol. The standard InChI is InChI=1S/C25H26NO3S/c27-30(28,25-18-9-5-10-19-25)26-23-15-12-14-22(21-23)13-6-2-1-3-11-20-29-24-16-7-4-8-17-24/h4-10,12-16,18-19,21,26H,1-3,11,20H2/b13-6+. The molecule has 155 valence electrons. The zero-order valence-electron chi connectivity index (χ0n) is 16.8. The summed E-state index contributed by atoms with van der Waals surface area (Å²) in [5, 5.41) is 0. The molecule has 5 heteroatoms. The molecule has 0 aromatic heterocycles. The van der Waals surface area contributed by atoms with Gasteiger partial charge in [-0.25, -0.2) is 8.42 Å². The second kappa shape index (κ2) is 11.2. The Morgan fingerprint density at radius 2 is 1.73 bits per heavy atom. The quantitative estimate of drug-likeness (QED) is 0.391. The Bertz CT molecular complexity index is 1030. The third kappa shape index (κ3) is 7.08. The van der Waals surface area contributed by atoms with Crippen molar-refractivity contribution in [2.75, 3.05) is 11.3 Å². The van der Waals surface area contributed by atoms with E-state index in [-0.39, 0.29) is 4.90 Å². The summed E-state index contributed by atoms with van der Waals surface area (Å²) >= 11 is 0. The van der Waals surface area contributed by atoms with Gasteiger partial charge in [0.05, 0.1) is 11.5 Å². The molecule has 0 saturated heterocycles. The predicted octanol–water partition coefficient (Wildman–Crippen LogP) is 5.94. The third-order valence-corrected chi connectivity index (χ3v) is 5.85. The van der Waals surface area contributed by atoms with Gasteiger partial charge in [-0.05, 0) is 61.6 Å². The number of allylic oxidation sites excluding steroid dienone is 1. The SMILES string of the molecule is O=S(=O)(Nc1cccc(/C=C/CCCCCOc2[c]cccc2)c1)c1ccccc1. The molecule has 1 N–H and O–H groups in total. The number of rotatable bonds is 11. The first-order valence-electron chi connectivity index (χ1n) is 10.1. The highest BCUT2D eigenvalue weighted by atomic mass is 32.2. The van der Waals surface area contributed by atoms with E-state index in [1.165, 1.54) is 0 Å². The van der Waals surface area contributed by atoms with Crippen LogP contribution < -0.4 is 9.46 Å². The van der Waals surface area contributed by atoms with E-state index in [2.05, 4.69) is 16.9 Å². The van der Waals surface area contributed by atoms with E-state index in [9.17, 15) is 8.42 Å². The molecular formula is C25H26NO3S. The average molecular weight is 421 g/mol. The molecule has 0 aliphatic rings. The lowest BCUT2D eigenvalue weighted by Crippen LogP contribution is -2.12. The molecule has 0 aliphatic carbocycles. The molecule has 0 unspecified atom stereocenters. The number of anilines is 1. The van der Waals surface area contributed by atoms with Crippen LogP contribution in [0.2, 0.25) is 0 Å². The van der Waals surface area contributed by atoms with Crippen LogP contribution in [0.4, 0.5) is 5.69 Å². The summed E-state index contributed by atoms with van der Waals surface area (Å²) in [5.74, 6) is 0.792. The molecule has 3 aromatic rings.